The molecule has 1 fully saturated rings. The van der Waals surface area contributed by atoms with E-state index in [0.717, 1.165) is 52.9 Å². The predicted octanol–water partition coefficient (Wildman–Crippen LogP) is 5.42. The summed E-state index contributed by atoms with van der Waals surface area (Å²) >= 11 is 6.52. The lowest BCUT2D eigenvalue weighted by atomic mass is 10.0. The van der Waals surface area contributed by atoms with Crippen molar-refractivity contribution in [1.29, 1.82) is 0 Å². The molecule has 1 atom stereocenters. The first-order chi connectivity index (χ1) is 19.5. The molecule has 0 heterocycles. The lowest BCUT2D eigenvalue weighted by molar-refractivity contribution is -0.140. The number of hydrogen-bond acceptors (Lipinski definition) is 4. The van der Waals surface area contributed by atoms with Gasteiger partial charge in [-0.2, -0.15) is 0 Å². The molecule has 218 valence electrons. The molecule has 0 radical (unpaired) electrons. The smallest absolute Gasteiger partial charge is 0.244 e. The highest BCUT2D eigenvalue weighted by Gasteiger charge is 2.34. The van der Waals surface area contributed by atoms with Gasteiger partial charge in [0.05, 0.1) is 11.9 Å². The minimum Gasteiger partial charge on any atom is -0.352 e. The van der Waals surface area contributed by atoms with Crippen molar-refractivity contribution in [3.05, 3.63) is 100 Å². The van der Waals surface area contributed by atoms with Gasteiger partial charge in [0.25, 0.3) is 0 Å². The van der Waals surface area contributed by atoms with E-state index in [9.17, 15) is 18.0 Å². The zero-order chi connectivity index (χ0) is 29.6. The minimum atomic E-state index is -3.83. The molecule has 1 aliphatic carbocycles. The van der Waals surface area contributed by atoms with Gasteiger partial charge in [-0.1, -0.05) is 85.1 Å². The summed E-state index contributed by atoms with van der Waals surface area (Å²) in [4.78, 5) is 29.6. The van der Waals surface area contributed by atoms with Gasteiger partial charge in [0.2, 0.25) is 21.8 Å². The van der Waals surface area contributed by atoms with E-state index in [-0.39, 0.29) is 24.9 Å². The molecule has 2 amide bonds. The number of hydrogen-bond donors (Lipinski definition) is 1. The Bertz CT molecular complexity index is 1470. The number of benzene rings is 3. The Balaban J connectivity index is 1.75. The normalized spacial score (nSPS) is 14.4. The van der Waals surface area contributed by atoms with Crippen LogP contribution in [0.3, 0.4) is 0 Å². The number of aryl methyl sites for hydroxylation is 2. The highest BCUT2D eigenvalue weighted by molar-refractivity contribution is 7.92. The van der Waals surface area contributed by atoms with Crippen molar-refractivity contribution >= 4 is 39.1 Å². The molecule has 1 N–H and O–H groups in total. The van der Waals surface area contributed by atoms with E-state index in [4.69, 9.17) is 11.6 Å². The molecule has 0 spiro atoms. The average molecular weight is 596 g/mol. The van der Waals surface area contributed by atoms with Gasteiger partial charge in [0.1, 0.15) is 12.6 Å². The van der Waals surface area contributed by atoms with Crippen LogP contribution in [0.15, 0.2) is 72.8 Å². The summed E-state index contributed by atoms with van der Waals surface area (Å²) in [5.41, 5.74) is 3.61. The molecular formula is C32H38ClN3O4S. The summed E-state index contributed by atoms with van der Waals surface area (Å²) in [5.74, 6) is -0.738. The molecule has 9 heteroatoms. The summed E-state index contributed by atoms with van der Waals surface area (Å²) in [7, 11) is -3.83. The molecule has 0 aliphatic heterocycles. The van der Waals surface area contributed by atoms with Gasteiger partial charge in [-0.25, -0.2) is 8.42 Å². The van der Waals surface area contributed by atoms with Crippen LogP contribution in [0.25, 0.3) is 0 Å². The Labute approximate surface area is 248 Å². The summed E-state index contributed by atoms with van der Waals surface area (Å²) < 4.78 is 27.2. The van der Waals surface area contributed by atoms with Crippen LogP contribution in [0.4, 0.5) is 5.69 Å². The summed E-state index contributed by atoms with van der Waals surface area (Å²) in [6, 6.07) is 21.4. The Hall–Kier alpha value is -3.36. The fourth-order valence-corrected chi connectivity index (χ4v) is 6.41. The van der Waals surface area contributed by atoms with Crippen LogP contribution in [-0.4, -0.2) is 50.0 Å². The van der Waals surface area contributed by atoms with Crippen LogP contribution < -0.4 is 9.62 Å². The van der Waals surface area contributed by atoms with Crippen LogP contribution in [0, 0.1) is 13.8 Å². The van der Waals surface area contributed by atoms with Gasteiger partial charge in [-0.15, -0.1) is 0 Å². The molecule has 4 rings (SSSR count). The van der Waals surface area contributed by atoms with Crippen molar-refractivity contribution < 1.29 is 18.0 Å². The Morgan fingerprint density at radius 1 is 0.976 bits per heavy atom. The largest absolute Gasteiger partial charge is 0.352 e. The topological polar surface area (TPSA) is 86.8 Å². The van der Waals surface area contributed by atoms with Crippen molar-refractivity contribution in [2.45, 2.75) is 64.6 Å². The first-order valence-corrected chi connectivity index (χ1v) is 16.2. The molecule has 7 nitrogen and oxygen atoms in total. The Morgan fingerprint density at radius 2 is 1.63 bits per heavy atom. The van der Waals surface area contributed by atoms with Crippen molar-refractivity contribution in [1.82, 2.24) is 10.2 Å². The number of nitrogens with one attached hydrogen (secondary N) is 1. The average Bonchev–Trinajstić information content (AvgIpc) is 3.44. The van der Waals surface area contributed by atoms with Crippen LogP contribution >= 0.6 is 11.6 Å². The van der Waals surface area contributed by atoms with Crippen molar-refractivity contribution in [3.63, 3.8) is 0 Å². The number of sulfonamides is 1. The number of nitrogens with zero attached hydrogens (tertiary/aromatic N) is 2. The Morgan fingerprint density at radius 3 is 2.29 bits per heavy atom. The number of carbonyl (C=O) groups excluding carboxylic acids is 2. The van der Waals surface area contributed by atoms with E-state index in [2.05, 4.69) is 5.32 Å². The molecular weight excluding hydrogens is 558 g/mol. The predicted molar refractivity (Wildman–Crippen MR) is 164 cm³/mol. The minimum absolute atomic E-state index is 0.0541. The second-order valence-electron chi connectivity index (χ2n) is 10.9. The van der Waals surface area contributed by atoms with E-state index in [1.807, 2.05) is 68.4 Å². The lowest BCUT2D eigenvalue weighted by Gasteiger charge is -2.34. The fourth-order valence-electron chi connectivity index (χ4n) is 5.31. The van der Waals surface area contributed by atoms with E-state index in [1.165, 1.54) is 4.90 Å². The standard InChI is InChI=1S/C32H38ClN3O4S/c1-23-17-18-24(2)29(19-23)36(41(3,39)40)22-31(37)35(21-26-13-7-10-16-28(26)33)30(20-25-11-5-4-6-12-25)32(38)34-27-14-8-9-15-27/h4-7,10-13,16-19,27,30H,8-9,14-15,20-22H2,1-3H3,(H,34,38)/t30-/m0/s1. The van der Waals surface area contributed by atoms with Crippen LogP contribution in [-0.2, 0) is 32.6 Å². The fraction of sp³-hybridized carbons (Fsp3) is 0.375. The van der Waals surface area contributed by atoms with Gasteiger partial charge in [-0.05, 0) is 61.1 Å². The molecule has 0 aromatic heterocycles. The maximum Gasteiger partial charge on any atom is 0.244 e. The zero-order valence-corrected chi connectivity index (χ0v) is 25.4. The number of carbonyl (C=O) groups is 2. The molecule has 1 saturated carbocycles. The van der Waals surface area contributed by atoms with Gasteiger partial charge in [0, 0.05) is 24.0 Å². The van der Waals surface area contributed by atoms with Gasteiger partial charge in [0.15, 0.2) is 0 Å². The van der Waals surface area contributed by atoms with Crippen LogP contribution in [0.1, 0.15) is 47.9 Å². The molecule has 0 unspecified atom stereocenters. The Kier molecular flexibility index (Phi) is 10.1. The summed E-state index contributed by atoms with van der Waals surface area (Å²) in [5, 5.41) is 3.64. The second-order valence-corrected chi connectivity index (χ2v) is 13.2. The molecule has 1 aliphatic rings. The van der Waals surface area contributed by atoms with Gasteiger partial charge in [-0.3, -0.25) is 13.9 Å². The quantitative estimate of drug-likeness (QED) is 0.321. The molecule has 3 aromatic carbocycles. The molecule has 0 saturated heterocycles. The van der Waals surface area contributed by atoms with Crippen LogP contribution in [0.2, 0.25) is 5.02 Å². The van der Waals surface area contributed by atoms with E-state index >= 15 is 0 Å². The zero-order valence-electron chi connectivity index (χ0n) is 23.8. The third-order valence-corrected chi connectivity index (χ3v) is 9.08. The first kappa shape index (κ1) is 30.6. The van der Waals surface area contributed by atoms with E-state index < -0.39 is 28.5 Å². The molecule has 3 aromatic rings. The van der Waals surface area contributed by atoms with Crippen molar-refractivity contribution in [2.75, 3.05) is 17.1 Å². The second kappa shape index (κ2) is 13.5. The van der Waals surface area contributed by atoms with Crippen molar-refractivity contribution in [3.8, 4) is 0 Å². The summed E-state index contributed by atoms with van der Waals surface area (Å²) in [6.07, 6.45) is 5.27. The van der Waals surface area contributed by atoms with Gasteiger partial charge < -0.3 is 10.2 Å². The number of amides is 2. The van der Waals surface area contributed by atoms with Gasteiger partial charge >= 0.3 is 0 Å². The van der Waals surface area contributed by atoms with E-state index in [1.54, 1.807) is 18.2 Å². The molecule has 0 bridgehead atoms. The van der Waals surface area contributed by atoms with Crippen LogP contribution in [0.5, 0.6) is 0 Å². The maximum absolute atomic E-state index is 14.3. The number of anilines is 1. The summed E-state index contributed by atoms with van der Waals surface area (Å²) in [6.45, 7) is 3.29. The first-order valence-electron chi connectivity index (χ1n) is 13.9. The SMILES string of the molecule is Cc1ccc(C)c(N(CC(=O)N(Cc2ccccc2Cl)[C@@H](Cc2ccccc2)C(=O)NC2CCCC2)S(C)(=O)=O)c1. The highest BCUT2D eigenvalue weighted by atomic mass is 35.5. The lowest BCUT2D eigenvalue weighted by Crippen LogP contribution is -2.54. The molecule has 41 heavy (non-hydrogen) atoms. The maximum atomic E-state index is 14.3. The monoisotopic (exact) mass is 595 g/mol. The number of rotatable bonds is 11. The third kappa shape index (κ3) is 8.11. The third-order valence-electron chi connectivity index (χ3n) is 7.58. The van der Waals surface area contributed by atoms with Crippen molar-refractivity contribution in [2.24, 2.45) is 0 Å². The van der Waals surface area contributed by atoms with E-state index in [0.29, 0.717) is 16.3 Å². The number of halogens is 1. The highest BCUT2D eigenvalue weighted by Crippen LogP contribution is 2.26.